The van der Waals surface area contributed by atoms with Gasteiger partial charge in [0.25, 0.3) is 11.8 Å². The molecule has 2 bridgehead atoms. The number of piperazine rings is 1. The lowest BCUT2D eigenvalue weighted by Crippen LogP contribution is -2.54. The number of nitrogens with one attached hydrogen (secondary N) is 1. The van der Waals surface area contributed by atoms with Crippen molar-refractivity contribution >= 4 is 23.4 Å². The van der Waals surface area contributed by atoms with Gasteiger partial charge in [-0.1, -0.05) is 19.9 Å². The Labute approximate surface area is 194 Å². The quantitative estimate of drug-likeness (QED) is 0.774. The van der Waals surface area contributed by atoms with E-state index in [-0.39, 0.29) is 17.7 Å². The minimum Gasteiger partial charge on any atom is -0.350 e. The van der Waals surface area contributed by atoms with Crippen molar-refractivity contribution in [3.63, 3.8) is 0 Å². The van der Waals surface area contributed by atoms with Gasteiger partial charge in [-0.15, -0.1) is 0 Å². The third kappa shape index (κ3) is 3.79. The zero-order valence-corrected chi connectivity index (χ0v) is 19.7. The number of fused-ring (bicyclic) bond motifs is 3. The standard InChI is InChI=1S/C25H33N5O3/c1-16(31)28-9-11-29(12-10-28)24(33)20-15-30-21(5-4-6-22(30)27-20)23(32)26-14-17-7-8-18-13-19(17)25(18,2)3/h4-6,15,17-19H,7-14H2,1-3H3,(H,26,32)/t17-,18-,19-/m0/s1. The first-order chi connectivity index (χ1) is 15.8. The number of pyridine rings is 1. The second-order valence-electron chi connectivity index (χ2n) is 10.5. The van der Waals surface area contributed by atoms with E-state index in [4.69, 9.17) is 0 Å². The van der Waals surface area contributed by atoms with Crippen LogP contribution < -0.4 is 5.32 Å². The second kappa shape index (κ2) is 8.15. The maximum absolute atomic E-state index is 13.1. The first-order valence-corrected chi connectivity index (χ1v) is 12.1. The van der Waals surface area contributed by atoms with E-state index < -0.39 is 0 Å². The first kappa shape index (κ1) is 21.9. The lowest BCUT2D eigenvalue weighted by molar-refractivity contribution is -0.130. The van der Waals surface area contributed by atoms with Crippen LogP contribution in [0.25, 0.3) is 5.65 Å². The number of carbonyl (C=O) groups is 3. The van der Waals surface area contributed by atoms with Crippen LogP contribution in [0.2, 0.25) is 0 Å². The van der Waals surface area contributed by atoms with E-state index in [2.05, 4.69) is 24.1 Å². The van der Waals surface area contributed by atoms with Gasteiger partial charge in [0.2, 0.25) is 5.91 Å². The first-order valence-electron chi connectivity index (χ1n) is 12.1. The zero-order chi connectivity index (χ0) is 23.3. The maximum Gasteiger partial charge on any atom is 0.274 e. The number of hydrogen-bond donors (Lipinski definition) is 1. The van der Waals surface area contributed by atoms with Crippen LogP contribution in [0.3, 0.4) is 0 Å². The molecule has 2 aromatic heterocycles. The highest BCUT2D eigenvalue weighted by molar-refractivity contribution is 5.95. The summed E-state index contributed by atoms with van der Waals surface area (Å²) in [4.78, 5) is 45.6. The Morgan fingerprint density at radius 3 is 2.48 bits per heavy atom. The monoisotopic (exact) mass is 451 g/mol. The number of nitrogens with zero attached hydrogens (tertiary/aromatic N) is 4. The molecule has 4 aliphatic rings. The number of amides is 3. The third-order valence-corrected chi connectivity index (χ3v) is 8.48. The van der Waals surface area contributed by atoms with E-state index in [1.807, 2.05) is 0 Å². The van der Waals surface area contributed by atoms with Gasteiger partial charge in [0.15, 0.2) is 0 Å². The minimum atomic E-state index is -0.169. The molecule has 8 heteroatoms. The molecule has 3 saturated carbocycles. The predicted octanol–water partition coefficient (Wildman–Crippen LogP) is 2.44. The van der Waals surface area contributed by atoms with Crippen molar-refractivity contribution in [3.05, 3.63) is 35.8 Å². The number of imidazole rings is 1. The van der Waals surface area contributed by atoms with Crippen molar-refractivity contribution in [3.8, 4) is 0 Å². The summed E-state index contributed by atoms with van der Waals surface area (Å²) in [5.74, 6) is 1.79. The predicted molar refractivity (Wildman–Crippen MR) is 124 cm³/mol. The smallest absolute Gasteiger partial charge is 0.274 e. The van der Waals surface area contributed by atoms with Crippen molar-refractivity contribution in [2.24, 2.45) is 23.2 Å². The Bertz CT molecular complexity index is 1100. The van der Waals surface area contributed by atoms with Gasteiger partial charge in [-0.2, -0.15) is 0 Å². The van der Waals surface area contributed by atoms with Gasteiger partial charge < -0.3 is 15.1 Å². The molecular weight excluding hydrogens is 418 g/mol. The van der Waals surface area contributed by atoms with Gasteiger partial charge in [-0.05, 0) is 54.6 Å². The Morgan fingerprint density at radius 2 is 1.82 bits per heavy atom. The molecule has 1 aliphatic heterocycles. The summed E-state index contributed by atoms with van der Waals surface area (Å²) >= 11 is 0. The zero-order valence-electron chi connectivity index (χ0n) is 19.7. The third-order valence-electron chi connectivity index (χ3n) is 8.48. The van der Waals surface area contributed by atoms with Crippen molar-refractivity contribution in [1.82, 2.24) is 24.5 Å². The normalized spacial score (nSPS) is 26.1. The Hall–Kier alpha value is -2.90. The average molecular weight is 452 g/mol. The lowest BCUT2D eigenvalue weighted by atomic mass is 9.45. The van der Waals surface area contributed by atoms with Crippen molar-refractivity contribution in [2.45, 2.75) is 40.0 Å². The number of hydrogen-bond acceptors (Lipinski definition) is 4. The molecule has 176 valence electrons. The van der Waals surface area contributed by atoms with Gasteiger partial charge in [0, 0.05) is 45.8 Å². The van der Waals surface area contributed by atoms with Crippen LogP contribution in [0.1, 0.15) is 61.0 Å². The molecule has 0 spiro atoms. The Kier molecular flexibility index (Phi) is 5.41. The van der Waals surface area contributed by atoms with Crippen molar-refractivity contribution in [1.29, 1.82) is 0 Å². The molecule has 6 rings (SSSR count). The largest absolute Gasteiger partial charge is 0.350 e. The number of carbonyl (C=O) groups excluding carboxylic acids is 3. The molecule has 0 aromatic carbocycles. The molecule has 33 heavy (non-hydrogen) atoms. The van der Waals surface area contributed by atoms with E-state index in [1.165, 1.54) is 19.3 Å². The minimum absolute atomic E-state index is 0.0272. The van der Waals surface area contributed by atoms with E-state index in [0.717, 1.165) is 5.92 Å². The van der Waals surface area contributed by atoms with E-state index in [1.54, 1.807) is 45.5 Å². The van der Waals surface area contributed by atoms with Gasteiger partial charge >= 0.3 is 0 Å². The molecule has 3 aliphatic carbocycles. The average Bonchev–Trinajstić information content (AvgIpc) is 3.26. The topological polar surface area (TPSA) is 87.0 Å². The summed E-state index contributed by atoms with van der Waals surface area (Å²) in [6.07, 6.45) is 5.39. The molecule has 3 atom stereocenters. The van der Waals surface area contributed by atoms with Crippen LogP contribution >= 0.6 is 0 Å². The van der Waals surface area contributed by atoms with E-state index in [0.29, 0.717) is 67.0 Å². The molecule has 3 amide bonds. The SMILES string of the molecule is CC(=O)N1CCN(C(=O)c2cn3c(C(=O)NC[C@@H]4CC[C@H]5C[C@@H]4C5(C)C)cccc3n2)CC1. The highest BCUT2D eigenvalue weighted by Crippen LogP contribution is 2.61. The molecule has 4 fully saturated rings. The molecule has 0 unspecified atom stereocenters. The van der Waals surface area contributed by atoms with Crippen molar-refractivity contribution in [2.75, 3.05) is 32.7 Å². The summed E-state index contributed by atoms with van der Waals surface area (Å²) < 4.78 is 1.71. The molecule has 8 nitrogen and oxygen atoms in total. The fourth-order valence-corrected chi connectivity index (χ4v) is 6.21. The highest BCUT2D eigenvalue weighted by atomic mass is 16.2. The fraction of sp³-hybridized carbons (Fsp3) is 0.600. The Balaban J connectivity index is 1.27. The van der Waals surface area contributed by atoms with Gasteiger partial charge in [-0.3, -0.25) is 18.8 Å². The summed E-state index contributed by atoms with van der Waals surface area (Å²) in [7, 11) is 0. The number of aromatic nitrogens is 2. The van der Waals surface area contributed by atoms with Gasteiger partial charge in [0.05, 0.1) is 0 Å². The summed E-state index contributed by atoms with van der Waals surface area (Å²) in [5, 5.41) is 3.15. The molecule has 1 N–H and O–H groups in total. The molecule has 2 aromatic rings. The van der Waals surface area contributed by atoms with Crippen LogP contribution in [0.15, 0.2) is 24.4 Å². The van der Waals surface area contributed by atoms with Crippen LogP contribution in [0.4, 0.5) is 0 Å². The second-order valence-corrected chi connectivity index (χ2v) is 10.5. The lowest BCUT2D eigenvalue weighted by Gasteiger charge is -2.60. The molecule has 3 heterocycles. The molecular formula is C25H33N5O3. The van der Waals surface area contributed by atoms with Gasteiger partial charge in [-0.25, -0.2) is 4.98 Å². The highest BCUT2D eigenvalue weighted by Gasteiger charge is 2.53. The Morgan fingerprint density at radius 1 is 1.09 bits per heavy atom. The van der Waals surface area contributed by atoms with Crippen LogP contribution in [-0.4, -0.2) is 69.6 Å². The molecule has 1 saturated heterocycles. The van der Waals surface area contributed by atoms with Gasteiger partial charge in [0.1, 0.15) is 17.0 Å². The summed E-state index contributed by atoms with van der Waals surface area (Å²) in [6.45, 7) is 9.00. The maximum atomic E-state index is 13.1. The fourth-order valence-electron chi connectivity index (χ4n) is 6.21. The molecule has 0 radical (unpaired) electrons. The van der Waals surface area contributed by atoms with E-state index in [9.17, 15) is 14.4 Å². The van der Waals surface area contributed by atoms with Crippen LogP contribution in [0.5, 0.6) is 0 Å². The van der Waals surface area contributed by atoms with Crippen molar-refractivity contribution < 1.29 is 14.4 Å². The van der Waals surface area contributed by atoms with Crippen LogP contribution in [-0.2, 0) is 4.79 Å². The summed E-state index contributed by atoms with van der Waals surface area (Å²) in [5.41, 5.74) is 1.78. The number of rotatable bonds is 4. The summed E-state index contributed by atoms with van der Waals surface area (Å²) in [6, 6.07) is 5.38. The van der Waals surface area contributed by atoms with Crippen LogP contribution in [0, 0.1) is 23.2 Å². The van der Waals surface area contributed by atoms with E-state index >= 15 is 0 Å².